The van der Waals surface area contributed by atoms with E-state index in [1.165, 1.54) is 11.1 Å². The second kappa shape index (κ2) is 5.04. The Morgan fingerprint density at radius 3 is 2.68 bits per heavy atom. The lowest BCUT2D eigenvalue weighted by Gasteiger charge is -2.16. The number of anilines is 1. The first-order valence-corrected chi connectivity index (χ1v) is 6.91. The van der Waals surface area contributed by atoms with Gasteiger partial charge in [0.2, 0.25) is 0 Å². The molecule has 0 saturated carbocycles. The second-order valence-corrected chi connectivity index (χ2v) is 5.67. The van der Waals surface area contributed by atoms with E-state index < -0.39 is 0 Å². The third kappa shape index (κ3) is 2.57. The quantitative estimate of drug-likeness (QED) is 0.845. The number of nitrogens with zero attached hydrogens (tertiary/aromatic N) is 1. The summed E-state index contributed by atoms with van der Waals surface area (Å²) in [6.45, 7) is 2.63. The SMILES string of the molecule is Nc1ccc2c(c1)CN(Cc1cccc(Cl)c1Cl)C2. The number of hydrogen-bond donors (Lipinski definition) is 1. The van der Waals surface area contributed by atoms with E-state index in [1.54, 1.807) is 0 Å². The van der Waals surface area contributed by atoms with Crippen molar-refractivity contribution in [3.05, 3.63) is 63.1 Å². The Morgan fingerprint density at radius 2 is 1.84 bits per heavy atom. The van der Waals surface area contributed by atoms with E-state index in [-0.39, 0.29) is 0 Å². The largest absolute Gasteiger partial charge is 0.399 e. The molecule has 2 N–H and O–H groups in total. The average Bonchev–Trinajstić information content (AvgIpc) is 2.76. The van der Waals surface area contributed by atoms with Gasteiger partial charge in [0.05, 0.1) is 10.0 Å². The first kappa shape index (κ1) is 12.8. The molecule has 1 aliphatic heterocycles. The fourth-order valence-corrected chi connectivity index (χ4v) is 2.89. The Balaban J connectivity index is 1.79. The zero-order valence-electron chi connectivity index (χ0n) is 10.4. The minimum absolute atomic E-state index is 0.611. The molecule has 19 heavy (non-hydrogen) atoms. The molecular weight excluding hydrogens is 279 g/mol. The van der Waals surface area contributed by atoms with Crippen LogP contribution in [0.3, 0.4) is 0 Å². The molecule has 2 nitrogen and oxygen atoms in total. The third-order valence-electron chi connectivity index (χ3n) is 3.44. The number of hydrogen-bond acceptors (Lipinski definition) is 2. The standard InChI is InChI=1S/C15H14Cl2N2/c16-14-3-1-2-11(15(14)17)8-19-7-10-4-5-13(18)6-12(10)9-19/h1-6H,7-9,18H2. The lowest BCUT2D eigenvalue weighted by atomic mass is 10.1. The molecule has 98 valence electrons. The molecule has 0 spiro atoms. The molecule has 4 heteroatoms. The molecule has 0 aliphatic carbocycles. The first-order chi connectivity index (χ1) is 9.13. The highest BCUT2D eigenvalue weighted by Gasteiger charge is 2.20. The van der Waals surface area contributed by atoms with Crippen LogP contribution in [0.15, 0.2) is 36.4 Å². The van der Waals surface area contributed by atoms with Gasteiger partial charge in [-0.2, -0.15) is 0 Å². The maximum atomic E-state index is 6.23. The number of halogens is 2. The summed E-state index contributed by atoms with van der Waals surface area (Å²) in [5.74, 6) is 0. The van der Waals surface area contributed by atoms with Crippen LogP contribution in [0.1, 0.15) is 16.7 Å². The molecule has 0 amide bonds. The lowest BCUT2D eigenvalue weighted by Crippen LogP contribution is -2.15. The summed E-state index contributed by atoms with van der Waals surface area (Å²) < 4.78 is 0. The number of benzene rings is 2. The maximum absolute atomic E-state index is 6.23. The normalized spacial score (nSPS) is 14.6. The van der Waals surface area contributed by atoms with Crippen LogP contribution in [-0.2, 0) is 19.6 Å². The zero-order valence-corrected chi connectivity index (χ0v) is 11.9. The van der Waals surface area contributed by atoms with Crippen LogP contribution >= 0.6 is 23.2 Å². The molecular formula is C15H14Cl2N2. The van der Waals surface area contributed by atoms with Gasteiger partial charge >= 0.3 is 0 Å². The zero-order chi connectivity index (χ0) is 13.4. The molecule has 2 aromatic carbocycles. The van der Waals surface area contributed by atoms with E-state index in [9.17, 15) is 0 Å². The Morgan fingerprint density at radius 1 is 1.05 bits per heavy atom. The molecule has 0 atom stereocenters. The van der Waals surface area contributed by atoms with Gasteiger partial charge in [0.25, 0.3) is 0 Å². The van der Waals surface area contributed by atoms with Crippen LogP contribution in [0.2, 0.25) is 10.0 Å². The van der Waals surface area contributed by atoms with E-state index in [0.717, 1.165) is 30.9 Å². The fraction of sp³-hybridized carbons (Fsp3) is 0.200. The molecule has 0 unspecified atom stereocenters. The first-order valence-electron chi connectivity index (χ1n) is 6.16. The smallest absolute Gasteiger partial charge is 0.0637 e. The summed E-state index contributed by atoms with van der Waals surface area (Å²) in [5, 5.41) is 1.26. The highest BCUT2D eigenvalue weighted by molar-refractivity contribution is 6.42. The van der Waals surface area contributed by atoms with E-state index in [0.29, 0.717) is 10.0 Å². The molecule has 1 heterocycles. The molecule has 0 saturated heterocycles. The van der Waals surface area contributed by atoms with Gasteiger partial charge in [-0.05, 0) is 34.9 Å². The molecule has 3 rings (SSSR count). The van der Waals surface area contributed by atoms with Crippen molar-refractivity contribution < 1.29 is 0 Å². The van der Waals surface area contributed by atoms with Crippen LogP contribution in [-0.4, -0.2) is 4.90 Å². The molecule has 2 aromatic rings. The average molecular weight is 293 g/mol. The number of rotatable bonds is 2. The topological polar surface area (TPSA) is 29.3 Å². The van der Waals surface area contributed by atoms with Crippen molar-refractivity contribution in [1.29, 1.82) is 0 Å². The minimum Gasteiger partial charge on any atom is -0.399 e. The summed E-state index contributed by atoms with van der Waals surface area (Å²) in [5.41, 5.74) is 10.3. The molecule has 0 bridgehead atoms. The van der Waals surface area contributed by atoms with Gasteiger partial charge in [-0.25, -0.2) is 0 Å². The summed E-state index contributed by atoms with van der Waals surface area (Å²) in [6, 6.07) is 11.9. The Hall–Kier alpha value is -1.22. The molecule has 1 aliphatic rings. The third-order valence-corrected chi connectivity index (χ3v) is 4.30. The summed E-state index contributed by atoms with van der Waals surface area (Å²) >= 11 is 12.3. The van der Waals surface area contributed by atoms with Crippen molar-refractivity contribution in [3.63, 3.8) is 0 Å². The predicted molar refractivity (Wildman–Crippen MR) is 80.3 cm³/mol. The Labute approximate surface area is 122 Å². The van der Waals surface area contributed by atoms with Crippen LogP contribution in [0.25, 0.3) is 0 Å². The van der Waals surface area contributed by atoms with Crippen LogP contribution in [0.4, 0.5) is 5.69 Å². The summed E-state index contributed by atoms with van der Waals surface area (Å²) in [6.07, 6.45) is 0. The molecule has 0 fully saturated rings. The van der Waals surface area contributed by atoms with Gasteiger partial charge in [0, 0.05) is 25.3 Å². The lowest BCUT2D eigenvalue weighted by molar-refractivity contribution is 0.275. The van der Waals surface area contributed by atoms with Crippen molar-refractivity contribution in [2.45, 2.75) is 19.6 Å². The molecule has 0 aromatic heterocycles. The van der Waals surface area contributed by atoms with Crippen LogP contribution in [0.5, 0.6) is 0 Å². The summed E-state index contributed by atoms with van der Waals surface area (Å²) in [7, 11) is 0. The van der Waals surface area contributed by atoms with Crippen molar-refractivity contribution in [3.8, 4) is 0 Å². The number of fused-ring (bicyclic) bond motifs is 1. The van der Waals surface area contributed by atoms with Crippen LogP contribution in [0, 0.1) is 0 Å². The van der Waals surface area contributed by atoms with Crippen molar-refractivity contribution in [2.75, 3.05) is 5.73 Å². The monoisotopic (exact) mass is 292 g/mol. The van der Waals surface area contributed by atoms with Crippen molar-refractivity contribution in [2.24, 2.45) is 0 Å². The van der Waals surface area contributed by atoms with Gasteiger partial charge < -0.3 is 5.73 Å². The maximum Gasteiger partial charge on any atom is 0.0637 e. The van der Waals surface area contributed by atoms with Crippen LogP contribution < -0.4 is 5.73 Å². The Bertz CT molecular complexity index is 626. The Kier molecular flexibility index (Phi) is 3.40. The highest BCUT2D eigenvalue weighted by atomic mass is 35.5. The van der Waals surface area contributed by atoms with Gasteiger partial charge in [0.1, 0.15) is 0 Å². The van der Waals surface area contributed by atoms with E-state index >= 15 is 0 Å². The fourth-order valence-electron chi connectivity index (χ4n) is 2.51. The minimum atomic E-state index is 0.611. The molecule has 0 radical (unpaired) electrons. The number of nitrogen functional groups attached to an aromatic ring is 1. The van der Waals surface area contributed by atoms with Crippen molar-refractivity contribution in [1.82, 2.24) is 4.90 Å². The van der Waals surface area contributed by atoms with Gasteiger partial charge in [-0.3, -0.25) is 4.90 Å². The van der Waals surface area contributed by atoms with E-state index in [1.807, 2.05) is 24.3 Å². The van der Waals surface area contributed by atoms with E-state index in [2.05, 4.69) is 17.0 Å². The van der Waals surface area contributed by atoms with Crippen molar-refractivity contribution >= 4 is 28.9 Å². The van der Waals surface area contributed by atoms with Gasteiger partial charge in [0.15, 0.2) is 0 Å². The predicted octanol–water partition coefficient (Wildman–Crippen LogP) is 4.09. The van der Waals surface area contributed by atoms with E-state index in [4.69, 9.17) is 28.9 Å². The van der Waals surface area contributed by atoms with Gasteiger partial charge in [-0.15, -0.1) is 0 Å². The number of nitrogens with two attached hydrogens (primary N) is 1. The second-order valence-electron chi connectivity index (χ2n) is 4.89. The highest BCUT2D eigenvalue weighted by Crippen LogP contribution is 2.30. The van der Waals surface area contributed by atoms with Gasteiger partial charge in [-0.1, -0.05) is 41.4 Å². The summed E-state index contributed by atoms with van der Waals surface area (Å²) in [4.78, 5) is 2.33.